The third-order valence-electron chi connectivity index (χ3n) is 1.55. The smallest absolute Gasteiger partial charge is 0.392 e. The van der Waals surface area contributed by atoms with Gasteiger partial charge in [0.15, 0.2) is 6.29 Å². The average Bonchev–Trinajstić information content (AvgIpc) is 2.16. The quantitative estimate of drug-likeness (QED) is 0.729. The first-order valence-electron chi connectivity index (χ1n) is 4.12. The second-order valence-electron chi connectivity index (χ2n) is 2.72. The number of nitrogens with zero attached hydrogens (tertiary/aromatic N) is 1. The first kappa shape index (κ1) is 11.5. The highest BCUT2D eigenvalue weighted by Crippen LogP contribution is 2.20. The molecule has 0 aliphatic heterocycles. The maximum absolute atomic E-state index is 11.8. The van der Waals surface area contributed by atoms with E-state index in [-0.39, 0.29) is 11.4 Å². The van der Waals surface area contributed by atoms with E-state index in [1.165, 1.54) is 18.3 Å². The van der Waals surface area contributed by atoms with Crippen molar-refractivity contribution in [1.29, 1.82) is 0 Å². The summed E-state index contributed by atoms with van der Waals surface area (Å²) in [6.45, 7) is -0.518. The number of carbonyl (C=O) groups is 1. The number of ether oxygens (including phenoxy) is 1. The number of aldehydes is 1. The predicted octanol–water partition coefficient (Wildman–Crippen LogP) is 2.23. The molecule has 0 saturated carbocycles. The summed E-state index contributed by atoms with van der Waals surface area (Å²) in [5, 5.41) is 0. The van der Waals surface area contributed by atoms with Crippen molar-refractivity contribution in [3.8, 4) is 5.75 Å². The molecule has 1 aromatic heterocycles. The molecule has 1 heterocycles. The number of alkyl halides is 3. The molecule has 0 aromatic carbocycles. The summed E-state index contributed by atoms with van der Waals surface area (Å²) >= 11 is 0. The monoisotopic (exact) mass is 219 g/mol. The van der Waals surface area contributed by atoms with Crippen LogP contribution < -0.4 is 4.74 Å². The Morgan fingerprint density at radius 1 is 1.47 bits per heavy atom. The Bertz CT molecular complexity index is 338. The van der Waals surface area contributed by atoms with Gasteiger partial charge in [-0.1, -0.05) is 0 Å². The fourth-order valence-electron chi connectivity index (χ4n) is 0.890. The number of hydrogen-bond donors (Lipinski definition) is 0. The summed E-state index contributed by atoms with van der Waals surface area (Å²) < 4.78 is 40.1. The molecule has 1 rings (SSSR count). The van der Waals surface area contributed by atoms with E-state index in [0.717, 1.165) is 0 Å². The van der Waals surface area contributed by atoms with Crippen LogP contribution in [0.1, 0.15) is 16.9 Å². The molecule has 0 N–H and O–H groups in total. The van der Waals surface area contributed by atoms with Crippen molar-refractivity contribution < 1.29 is 22.7 Å². The fourth-order valence-corrected chi connectivity index (χ4v) is 0.890. The highest BCUT2D eigenvalue weighted by molar-refractivity contribution is 5.75. The van der Waals surface area contributed by atoms with Gasteiger partial charge in [0, 0.05) is 6.20 Å². The van der Waals surface area contributed by atoms with Crippen LogP contribution in [-0.2, 0) is 0 Å². The van der Waals surface area contributed by atoms with Crippen molar-refractivity contribution in [2.45, 2.75) is 12.6 Å². The van der Waals surface area contributed by atoms with Crippen LogP contribution in [0, 0.1) is 0 Å². The van der Waals surface area contributed by atoms with Crippen LogP contribution in [0.2, 0.25) is 0 Å². The van der Waals surface area contributed by atoms with Crippen LogP contribution in [0.3, 0.4) is 0 Å². The van der Waals surface area contributed by atoms with Crippen LogP contribution >= 0.6 is 0 Å². The zero-order valence-electron chi connectivity index (χ0n) is 7.62. The summed E-state index contributed by atoms with van der Waals surface area (Å²) in [5.41, 5.74) is -0.000301. The van der Waals surface area contributed by atoms with Crippen LogP contribution in [0.5, 0.6) is 5.75 Å². The maximum atomic E-state index is 11.8. The number of hydrogen-bond acceptors (Lipinski definition) is 3. The molecule has 0 bridgehead atoms. The lowest BCUT2D eigenvalue weighted by Crippen LogP contribution is -2.13. The molecular weight excluding hydrogens is 211 g/mol. The highest BCUT2D eigenvalue weighted by atomic mass is 19.4. The van der Waals surface area contributed by atoms with Gasteiger partial charge in [-0.2, -0.15) is 13.2 Å². The minimum absolute atomic E-state index is 0.000301. The van der Waals surface area contributed by atoms with Crippen molar-refractivity contribution in [2.24, 2.45) is 0 Å². The zero-order valence-corrected chi connectivity index (χ0v) is 7.62. The van der Waals surface area contributed by atoms with E-state index in [9.17, 15) is 18.0 Å². The van der Waals surface area contributed by atoms with Crippen LogP contribution in [0.25, 0.3) is 0 Å². The number of aromatic nitrogens is 1. The third-order valence-corrected chi connectivity index (χ3v) is 1.55. The molecule has 1 aromatic rings. The molecule has 0 atom stereocenters. The molecular formula is C9H8F3NO2. The van der Waals surface area contributed by atoms with Crippen molar-refractivity contribution in [1.82, 2.24) is 4.98 Å². The Hall–Kier alpha value is -1.59. The van der Waals surface area contributed by atoms with Crippen molar-refractivity contribution in [3.63, 3.8) is 0 Å². The van der Waals surface area contributed by atoms with Gasteiger partial charge in [-0.3, -0.25) is 4.79 Å². The SMILES string of the molecule is O=Cc1ncccc1OCCC(F)(F)F. The minimum atomic E-state index is -4.26. The van der Waals surface area contributed by atoms with E-state index < -0.39 is 19.2 Å². The average molecular weight is 219 g/mol. The van der Waals surface area contributed by atoms with E-state index in [2.05, 4.69) is 4.98 Å². The van der Waals surface area contributed by atoms with Crippen molar-refractivity contribution in [2.75, 3.05) is 6.61 Å². The van der Waals surface area contributed by atoms with Gasteiger partial charge in [-0.25, -0.2) is 4.98 Å². The van der Waals surface area contributed by atoms with Gasteiger partial charge in [0.1, 0.15) is 11.4 Å². The van der Waals surface area contributed by atoms with Gasteiger partial charge in [-0.15, -0.1) is 0 Å². The fraction of sp³-hybridized carbons (Fsp3) is 0.333. The van der Waals surface area contributed by atoms with Crippen LogP contribution in [0.4, 0.5) is 13.2 Å². The first-order chi connectivity index (χ1) is 7.03. The third kappa shape index (κ3) is 3.97. The van der Waals surface area contributed by atoms with Crippen molar-refractivity contribution >= 4 is 6.29 Å². The Balaban J connectivity index is 2.54. The molecule has 0 unspecified atom stereocenters. The van der Waals surface area contributed by atoms with Gasteiger partial charge in [0.05, 0.1) is 13.0 Å². The van der Waals surface area contributed by atoms with E-state index >= 15 is 0 Å². The summed E-state index contributed by atoms with van der Waals surface area (Å²) in [4.78, 5) is 14.1. The molecule has 0 amide bonds. The number of pyridine rings is 1. The van der Waals surface area contributed by atoms with E-state index in [1.54, 1.807) is 0 Å². The van der Waals surface area contributed by atoms with Gasteiger partial charge in [-0.05, 0) is 12.1 Å². The molecule has 82 valence electrons. The van der Waals surface area contributed by atoms with E-state index in [0.29, 0.717) is 6.29 Å². The second-order valence-corrected chi connectivity index (χ2v) is 2.72. The highest BCUT2D eigenvalue weighted by Gasteiger charge is 2.26. The number of halogens is 3. The maximum Gasteiger partial charge on any atom is 0.392 e. The summed E-state index contributed by atoms with van der Waals surface area (Å²) in [6.07, 6.45) is -3.52. The summed E-state index contributed by atoms with van der Waals surface area (Å²) in [5.74, 6) is 0.0664. The standard InChI is InChI=1S/C9H8F3NO2/c10-9(11,12)3-5-15-8-2-1-4-13-7(8)6-14/h1-2,4,6H,3,5H2. The molecule has 0 spiro atoms. The van der Waals surface area contributed by atoms with Gasteiger partial charge >= 0.3 is 6.18 Å². The second kappa shape index (κ2) is 4.77. The molecule has 6 heteroatoms. The molecule has 15 heavy (non-hydrogen) atoms. The molecule has 0 saturated heterocycles. The molecule has 0 fully saturated rings. The lowest BCUT2D eigenvalue weighted by Gasteiger charge is -2.09. The van der Waals surface area contributed by atoms with E-state index in [4.69, 9.17) is 4.74 Å². The zero-order chi connectivity index (χ0) is 11.3. The molecule has 0 radical (unpaired) electrons. The number of rotatable bonds is 4. The normalized spacial score (nSPS) is 11.1. The lowest BCUT2D eigenvalue weighted by atomic mass is 10.3. The molecule has 0 aliphatic carbocycles. The Morgan fingerprint density at radius 2 is 2.20 bits per heavy atom. The van der Waals surface area contributed by atoms with E-state index in [1.807, 2.05) is 0 Å². The minimum Gasteiger partial charge on any atom is -0.491 e. The molecule has 0 aliphatic rings. The Labute approximate surface area is 83.9 Å². The summed E-state index contributed by atoms with van der Waals surface area (Å²) in [6, 6.07) is 2.88. The van der Waals surface area contributed by atoms with Gasteiger partial charge in [0.25, 0.3) is 0 Å². The topological polar surface area (TPSA) is 39.2 Å². The predicted molar refractivity (Wildman–Crippen MR) is 45.8 cm³/mol. The summed E-state index contributed by atoms with van der Waals surface area (Å²) in [7, 11) is 0. The van der Waals surface area contributed by atoms with Crippen LogP contribution in [-0.4, -0.2) is 24.1 Å². The lowest BCUT2D eigenvalue weighted by molar-refractivity contribution is -0.139. The van der Waals surface area contributed by atoms with Crippen LogP contribution in [0.15, 0.2) is 18.3 Å². The largest absolute Gasteiger partial charge is 0.491 e. The first-order valence-corrected chi connectivity index (χ1v) is 4.12. The van der Waals surface area contributed by atoms with Gasteiger partial charge in [0.2, 0.25) is 0 Å². The molecule has 3 nitrogen and oxygen atoms in total. The van der Waals surface area contributed by atoms with Crippen molar-refractivity contribution in [3.05, 3.63) is 24.0 Å². The number of carbonyl (C=O) groups excluding carboxylic acids is 1. The van der Waals surface area contributed by atoms with Gasteiger partial charge < -0.3 is 4.74 Å². The Kier molecular flexibility index (Phi) is 3.65. The Morgan fingerprint density at radius 3 is 2.80 bits per heavy atom.